The largest absolute Gasteiger partial charge is 0.354 e. The Morgan fingerprint density at radius 1 is 1.09 bits per heavy atom. The van der Waals surface area contributed by atoms with Gasteiger partial charge in [-0.25, -0.2) is 0 Å². The average molecular weight is 309 g/mol. The molecule has 0 spiro atoms. The van der Waals surface area contributed by atoms with Crippen LogP contribution in [-0.2, 0) is 6.42 Å². The number of carbonyl (C=O) groups excluding carboxylic acids is 1. The molecule has 1 aromatic carbocycles. The molecular weight excluding hydrogens is 286 g/mol. The molecule has 1 N–H and O–H groups in total. The highest BCUT2D eigenvalue weighted by atomic mass is 16.2. The zero-order valence-corrected chi connectivity index (χ0v) is 13.6. The number of carbonyl (C=O) groups is 1. The molecule has 3 rings (SSSR count). The highest BCUT2D eigenvalue weighted by Crippen LogP contribution is 2.19. The number of nitrogens with one attached hydrogen (secondary N) is 1. The minimum atomic E-state index is 0.0854. The first-order chi connectivity index (χ1) is 11.3. The molecule has 0 bridgehead atoms. The molecule has 1 aliphatic rings. The van der Waals surface area contributed by atoms with Crippen molar-refractivity contribution in [1.82, 2.24) is 9.88 Å². The van der Waals surface area contributed by atoms with E-state index < -0.39 is 0 Å². The topological polar surface area (TPSA) is 45.2 Å². The van der Waals surface area contributed by atoms with Crippen molar-refractivity contribution in [2.24, 2.45) is 0 Å². The molecule has 1 aromatic heterocycles. The molecule has 0 unspecified atom stereocenters. The van der Waals surface area contributed by atoms with Gasteiger partial charge in [0.1, 0.15) is 0 Å². The first kappa shape index (κ1) is 15.5. The van der Waals surface area contributed by atoms with Gasteiger partial charge in [-0.1, -0.05) is 19.1 Å². The number of anilines is 2. The molecule has 4 heteroatoms. The van der Waals surface area contributed by atoms with E-state index in [0.29, 0.717) is 5.56 Å². The highest BCUT2D eigenvalue weighted by molar-refractivity contribution is 5.95. The maximum absolute atomic E-state index is 12.5. The third kappa shape index (κ3) is 3.89. The summed E-state index contributed by atoms with van der Waals surface area (Å²) in [6, 6.07) is 10.2. The van der Waals surface area contributed by atoms with Crippen LogP contribution in [-0.4, -0.2) is 28.9 Å². The number of hydrogen-bond acceptors (Lipinski definition) is 3. The van der Waals surface area contributed by atoms with Crippen LogP contribution in [0, 0.1) is 0 Å². The number of aromatic nitrogens is 1. The maximum atomic E-state index is 12.5. The van der Waals surface area contributed by atoms with Gasteiger partial charge in [0, 0.05) is 25.0 Å². The average Bonchev–Trinajstić information content (AvgIpc) is 2.63. The van der Waals surface area contributed by atoms with Gasteiger partial charge in [-0.3, -0.25) is 9.78 Å². The summed E-state index contributed by atoms with van der Waals surface area (Å²) < 4.78 is 0. The van der Waals surface area contributed by atoms with Gasteiger partial charge in [-0.2, -0.15) is 0 Å². The van der Waals surface area contributed by atoms with E-state index in [1.165, 1.54) is 12.0 Å². The number of nitrogens with zero attached hydrogens (tertiary/aromatic N) is 2. The van der Waals surface area contributed by atoms with E-state index in [-0.39, 0.29) is 5.91 Å². The molecule has 4 nitrogen and oxygen atoms in total. The van der Waals surface area contributed by atoms with E-state index in [2.05, 4.69) is 41.5 Å². The minimum absolute atomic E-state index is 0.0854. The second-order valence-electron chi connectivity index (χ2n) is 5.99. The van der Waals surface area contributed by atoms with Crippen molar-refractivity contribution < 1.29 is 4.79 Å². The minimum Gasteiger partial charge on any atom is -0.354 e. The molecule has 0 radical (unpaired) electrons. The fourth-order valence-corrected chi connectivity index (χ4v) is 2.90. The Labute approximate surface area is 137 Å². The first-order valence-corrected chi connectivity index (χ1v) is 8.36. The van der Waals surface area contributed by atoms with E-state index in [9.17, 15) is 4.79 Å². The highest BCUT2D eigenvalue weighted by Gasteiger charge is 2.18. The number of pyridine rings is 1. The van der Waals surface area contributed by atoms with E-state index >= 15 is 0 Å². The van der Waals surface area contributed by atoms with Gasteiger partial charge < -0.3 is 10.2 Å². The number of likely N-dealkylation sites (tertiary alicyclic amines) is 1. The summed E-state index contributed by atoms with van der Waals surface area (Å²) in [4.78, 5) is 18.7. The Hall–Kier alpha value is -2.36. The van der Waals surface area contributed by atoms with Crippen molar-refractivity contribution in [3.05, 3.63) is 53.9 Å². The van der Waals surface area contributed by atoms with Crippen LogP contribution in [0.5, 0.6) is 0 Å². The SMILES string of the molecule is CCc1ccc(Nc2cncc(C(=O)N3CCCCC3)c2)cc1. The van der Waals surface area contributed by atoms with Gasteiger partial charge in [-0.15, -0.1) is 0 Å². The molecule has 1 aliphatic heterocycles. The lowest BCUT2D eigenvalue weighted by Crippen LogP contribution is -2.35. The van der Waals surface area contributed by atoms with Gasteiger partial charge in [-0.05, 0) is 49.4 Å². The summed E-state index contributed by atoms with van der Waals surface area (Å²) in [6.45, 7) is 3.85. The fourth-order valence-electron chi connectivity index (χ4n) is 2.90. The van der Waals surface area contributed by atoms with Gasteiger partial charge in [0.25, 0.3) is 5.91 Å². The van der Waals surface area contributed by atoms with Crippen molar-refractivity contribution in [3.63, 3.8) is 0 Å². The monoisotopic (exact) mass is 309 g/mol. The summed E-state index contributed by atoms with van der Waals surface area (Å²) in [5.74, 6) is 0.0854. The maximum Gasteiger partial charge on any atom is 0.255 e. The van der Waals surface area contributed by atoms with Gasteiger partial charge in [0.15, 0.2) is 0 Å². The molecule has 0 saturated carbocycles. The van der Waals surface area contributed by atoms with Crippen LogP contribution in [0.25, 0.3) is 0 Å². The second kappa shape index (κ2) is 7.27. The number of aryl methyl sites for hydroxylation is 1. The Morgan fingerprint density at radius 2 is 1.83 bits per heavy atom. The van der Waals surface area contributed by atoms with Crippen LogP contribution in [0.15, 0.2) is 42.7 Å². The molecule has 0 atom stereocenters. The van der Waals surface area contributed by atoms with Crippen LogP contribution in [0.3, 0.4) is 0 Å². The van der Waals surface area contributed by atoms with Gasteiger partial charge in [0.05, 0.1) is 17.4 Å². The summed E-state index contributed by atoms with van der Waals surface area (Å²) in [6.07, 6.45) is 7.85. The fraction of sp³-hybridized carbons (Fsp3) is 0.368. The Bertz CT molecular complexity index is 661. The Kier molecular flexibility index (Phi) is 4.91. The van der Waals surface area contributed by atoms with Gasteiger partial charge >= 0.3 is 0 Å². The summed E-state index contributed by atoms with van der Waals surface area (Å²) in [7, 11) is 0. The summed E-state index contributed by atoms with van der Waals surface area (Å²) >= 11 is 0. The van der Waals surface area contributed by atoms with Crippen molar-refractivity contribution in [2.45, 2.75) is 32.6 Å². The molecule has 2 aromatic rings. The predicted octanol–water partition coefficient (Wildman–Crippen LogP) is 4.01. The lowest BCUT2D eigenvalue weighted by Gasteiger charge is -2.26. The van der Waals surface area contributed by atoms with Crippen molar-refractivity contribution >= 4 is 17.3 Å². The van der Waals surface area contributed by atoms with Crippen LogP contribution in [0.1, 0.15) is 42.1 Å². The molecule has 0 aliphatic carbocycles. The van der Waals surface area contributed by atoms with Crippen LogP contribution < -0.4 is 5.32 Å². The zero-order chi connectivity index (χ0) is 16.1. The van der Waals surface area contributed by atoms with E-state index in [1.54, 1.807) is 12.4 Å². The van der Waals surface area contributed by atoms with Crippen molar-refractivity contribution in [1.29, 1.82) is 0 Å². The number of benzene rings is 1. The molecular formula is C19H23N3O. The van der Waals surface area contributed by atoms with Crippen LogP contribution in [0.4, 0.5) is 11.4 Å². The quantitative estimate of drug-likeness (QED) is 0.928. The lowest BCUT2D eigenvalue weighted by molar-refractivity contribution is 0.0724. The molecule has 1 fully saturated rings. The molecule has 1 saturated heterocycles. The number of piperidine rings is 1. The van der Waals surface area contributed by atoms with Crippen LogP contribution >= 0.6 is 0 Å². The first-order valence-electron chi connectivity index (χ1n) is 8.36. The molecule has 2 heterocycles. The van der Waals surface area contributed by atoms with Gasteiger partial charge in [0.2, 0.25) is 0 Å². The summed E-state index contributed by atoms with van der Waals surface area (Å²) in [5, 5.41) is 3.32. The smallest absolute Gasteiger partial charge is 0.255 e. The number of amides is 1. The van der Waals surface area contributed by atoms with E-state index in [1.807, 2.05) is 11.0 Å². The second-order valence-corrected chi connectivity index (χ2v) is 5.99. The Balaban J connectivity index is 1.72. The van der Waals surface area contributed by atoms with E-state index in [0.717, 1.165) is 43.7 Å². The van der Waals surface area contributed by atoms with Crippen LogP contribution in [0.2, 0.25) is 0 Å². The number of rotatable bonds is 4. The predicted molar refractivity (Wildman–Crippen MR) is 93.1 cm³/mol. The normalized spacial score (nSPS) is 14.6. The van der Waals surface area contributed by atoms with E-state index in [4.69, 9.17) is 0 Å². The lowest BCUT2D eigenvalue weighted by atomic mass is 10.1. The Morgan fingerprint density at radius 3 is 2.52 bits per heavy atom. The standard InChI is InChI=1S/C19H23N3O/c1-2-15-6-8-17(9-7-15)21-18-12-16(13-20-14-18)19(23)22-10-4-3-5-11-22/h6-9,12-14,21H,2-5,10-11H2,1H3. The third-order valence-corrected chi connectivity index (χ3v) is 4.28. The number of hydrogen-bond donors (Lipinski definition) is 1. The van der Waals surface area contributed by atoms with Crippen molar-refractivity contribution in [3.8, 4) is 0 Å². The zero-order valence-electron chi connectivity index (χ0n) is 13.6. The summed E-state index contributed by atoms with van der Waals surface area (Å²) in [5.41, 5.74) is 3.81. The third-order valence-electron chi connectivity index (χ3n) is 4.28. The molecule has 120 valence electrons. The molecule has 23 heavy (non-hydrogen) atoms. The van der Waals surface area contributed by atoms with Crippen molar-refractivity contribution in [2.75, 3.05) is 18.4 Å². The molecule has 1 amide bonds.